The second-order valence-corrected chi connectivity index (χ2v) is 7.21. The highest BCUT2D eigenvalue weighted by molar-refractivity contribution is 7.89. The Morgan fingerprint density at radius 3 is 2.62 bits per heavy atom. The molecule has 2 N–H and O–H groups in total. The molecule has 1 aromatic carbocycles. The fourth-order valence-corrected chi connectivity index (χ4v) is 4.44. The first-order valence-electron chi connectivity index (χ1n) is 6.90. The van der Waals surface area contributed by atoms with Crippen molar-refractivity contribution in [1.29, 1.82) is 0 Å². The molecule has 0 saturated heterocycles. The molecule has 0 amide bonds. The van der Waals surface area contributed by atoms with Gasteiger partial charge in [-0.15, -0.1) is 0 Å². The standard InChI is InChI=1S/C15H22N2O3S/c1-11-4-5-14(16)12(2)15(11)21(18,19)17-8-6-13(7-9-17)10-20-3/h4-6H,7-10,16H2,1-3H3. The van der Waals surface area contributed by atoms with E-state index >= 15 is 0 Å². The smallest absolute Gasteiger partial charge is 0.243 e. The first-order chi connectivity index (χ1) is 9.87. The predicted octanol–water partition coefficient (Wildman–Crippen LogP) is 1.85. The van der Waals surface area contributed by atoms with Crippen molar-refractivity contribution < 1.29 is 13.2 Å². The number of aryl methyl sites for hydroxylation is 1. The molecule has 0 radical (unpaired) electrons. The van der Waals surface area contributed by atoms with Crippen LogP contribution in [0.25, 0.3) is 0 Å². The van der Waals surface area contributed by atoms with E-state index < -0.39 is 10.0 Å². The van der Waals surface area contributed by atoms with Crippen LogP contribution in [0.5, 0.6) is 0 Å². The highest BCUT2D eigenvalue weighted by atomic mass is 32.2. The molecule has 0 atom stereocenters. The minimum atomic E-state index is -3.52. The third kappa shape index (κ3) is 3.12. The van der Waals surface area contributed by atoms with E-state index in [2.05, 4.69) is 0 Å². The van der Waals surface area contributed by atoms with Crippen molar-refractivity contribution in [3.8, 4) is 0 Å². The minimum absolute atomic E-state index is 0.339. The molecule has 0 unspecified atom stereocenters. The average Bonchev–Trinajstić information content (AvgIpc) is 2.44. The van der Waals surface area contributed by atoms with Gasteiger partial charge in [0, 0.05) is 25.9 Å². The van der Waals surface area contributed by atoms with E-state index in [4.69, 9.17) is 10.5 Å². The number of benzene rings is 1. The van der Waals surface area contributed by atoms with Gasteiger partial charge in [0.15, 0.2) is 0 Å². The summed E-state index contributed by atoms with van der Waals surface area (Å²) >= 11 is 0. The van der Waals surface area contributed by atoms with Crippen molar-refractivity contribution in [3.63, 3.8) is 0 Å². The quantitative estimate of drug-likeness (QED) is 0.680. The van der Waals surface area contributed by atoms with Gasteiger partial charge in [-0.2, -0.15) is 4.31 Å². The van der Waals surface area contributed by atoms with Crippen molar-refractivity contribution in [3.05, 3.63) is 34.9 Å². The van der Waals surface area contributed by atoms with Crippen LogP contribution >= 0.6 is 0 Å². The molecule has 0 saturated carbocycles. The summed E-state index contributed by atoms with van der Waals surface area (Å²) in [5.41, 5.74) is 8.87. The van der Waals surface area contributed by atoms with E-state index in [-0.39, 0.29) is 0 Å². The fraction of sp³-hybridized carbons (Fsp3) is 0.467. The predicted molar refractivity (Wildman–Crippen MR) is 83.7 cm³/mol. The lowest BCUT2D eigenvalue weighted by Crippen LogP contribution is -2.36. The molecule has 1 aromatic rings. The molecule has 1 heterocycles. The minimum Gasteiger partial charge on any atom is -0.398 e. The summed E-state index contributed by atoms with van der Waals surface area (Å²) in [4.78, 5) is 0.339. The van der Waals surface area contributed by atoms with E-state index in [1.54, 1.807) is 33.1 Å². The Morgan fingerprint density at radius 1 is 1.33 bits per heavy atom. The van der Waals surface area contributed by atoms with Gasteiger partial charge in [-0.3, -0.25) is 0 Å². The van der Waals surface area contributed by atoms with E-state index in [0.717, 1.165) is 11.1 Å². The number of rotatable bonds is 4. The maximum atomic E-state index is 12.9. The molecule has 21 heavy (non-hydrogen) atoms. The summed E-state index contributed by atoms with van der Waals surface area (Å²) in [6, 6.07) is 3.50. The van der Waals surface area contributed by atoms with E-state index in [0.29, 0.717) is 42.3 Å². The Kier molecular flexibility index (Phi) is 4.70. The first-order valence-corrected chi connectivity index (χ1v) is 8.34. The molecular formula is C15H22N2O3S. The van der Waals surface area contributed by atoms with Crippen LogP contribution in [0.2, 0.25) is 0 Å². The Balaban J connectivity index is 2.35. The number of methoxy groups -OCH3 is 1. The van der Waals surface area contributed by atoms with Crippen LogP contribution in [0, 0.1) is 13.8 Å². The SMILES string of the molecule is COCC1=CCN(S(=O)(=O)c2c(C)ccc(N)c2C)CC1. The Morgan fingerprint density at radius 2 is 2.05 bits per heavy atom. The van der Waals surface area contributed by atoms with Gasteiger partial charge in [-0.05, 0) is 43.0 Å². The molecule has 6 heteroatoms. The monoisotopic (exact) mass is 310 g/mol. The van der Waals surface area contributed by atoms with E-state index in [1.807, 2.05) is 6.08 Å². The van der Waals surface area contributed by atoms with Crippen molar-refractivity contribution in [1.82, 2.24) is 4.31 Å². The maximum Gasteiger partial charge on any atom is 0.243 e. The van der Waals surface area contributed by atoms with Crippen LogP contribution in [-0.2, 0) is 14.8 Å². The van der Waals surface area contributed by atoms with Crippen molar-refractivity contribution in [2.24, 2.45) is 0 Å². The molecule has 1 aliphatic heterocycles. The van der Waals surface area contributed by atoms with Gasteiger partial charge in [0.25, 0.3) is 0 Å². The fourth-order valence-electron chi connectivity index (χ4n) is 2.60. The highest BCUT2D eigenvalue weighted by Gasteiger charge is 2.29. The molecule has 0 bridgehead atoms. The molecule has 0 aromatic heterocycles. The van der Waals surface area contributed by atoms with Gasteiger partial charge in [-0.1, -0.05) is 12.1 Å². The molecule has 2 rings (SSSR count). The zero-order chi connectivity index (χ0) is 15.6. The number of nitrogens with zero attached hydrogens (tertiary/aromatic N) is 1. The molecule has 1 aliphatic rings. The third-order valence-corrected chi connectivity index (χ3v) is 5.99. The van der Waals surface area contributed by atoms with Crippen molar-refractivity contribution >= 4 is 15.7 Å². The number of nitrogen functional groups attached to an aromatic ring is 1. The van der Waals surface area contributed by atoms with Gasteiger partial charge in [0.05, 0.1) is 11.5 Å². The largest absolute Gasteiger partial charge is 0.398 e. The van der Waals surface area contributed by atoms with E-state index in [1.165, 1.54) is 4.31 Å². The zero-order valence-electron chi connectivity index (χ0n) is 12.7. The number of ether oxygens (including phenoxy) is 1. The van der Waals surface area contributed by atoms with Gasteiger partial charge >= 0.3 is 0 Å². The molecule has 0 fully saturated rings. The molecule has 0 spiro atoms. The number of sulfonamides is 1. The van der Waals surface area contributed by atoms with Gasteiger partial charge in [0.1, 0.15) is 0 Å². The summed E-state index contributed by atoms with van der Waals surface area (Å²) in [5, 5.41) is 0. The Bertz CT molecular complexity index is 666. The van der Waals surface area contributed by atoms with Crippen LogP contribution in [0.15, 0.2) is 28.7 Å². The Hall–Kier alpha value is -1.37. The van der Waals surface area contributed by atoms with Crippen LogP contribution < -0.4 is 5.73 Å². The second-order valence-electron chi connectivity index (χ2n) is 5.33. The molecule has 116 valence electrons. The topological polar surface area (TPSA) is 72.6 Å². The lowest BCUT2D eigenvalue weighted by atomic mass is 10.1. The molecular weight excluding hydrogens is 288 g/mol. The number of nitrogens with two attached hydrogens (primary N) is 1. The van der Waals surface area contributed by atoms with E-state index in [9.17, 15) is 8.42 Å². The van der Waals surface area contributed by atoms with Crippen LogP contribution in [0.1, 0.15) is 17.5 Å². The maximum absolute atomic E-state index is 12.9. The van der Waals surface area contributed by atoms with Gasteiger partial charge in [0.2, 0.25) is 10.0 Å². The summed E-state index contributed by atoms with van der Waals surface area (Å²) in [5.74, 6) is 0. The van der Waals surface area contributed by atoms with Crippen LogP contribution in [0.4, 0.5) is 5.69 Å². The lowest BCUT2D eigenvalue weighted by molar-refractivity contribution is 0.219. The summed E-state index contributed by atoms with van der Waals surface area (Å²) in [7, 11) is -1.87. The van der Waals surface area contributed by atoms with Gasteiger partial charge in [-0.25, -0.2) is 8.42 Å². The van der Waals surface area contributed by atoms with Gasteiger partial charge < -0.3 is 10.5 Å². The van der Waals surface area contributed by atoms with Crippen molar-refractivity contribution in [2.75, 3.05) is 32.5 Å². The summed E-state index contributed by atoms with van der Waals surface area (Å²) < 4.78 is 32.3. The third-order valence-electron chi connectivity index (χ3n) is 3.84. The number of hydrogen-bond donors (Lipinski definition) is 1. The second kappa shape index (κ2) is 6.17. The zero-order valence-corrected chi connectivity index (χ0v) is 13.5. The van der Waals surface area contributed by atoms with Crippen LogP contribution in [0.3, 0.4) is 0 Å². The number of hydrogen-bond acceptors (Lipinski definition) is 4. The van der Waals surface area contributed by atoms with Crippen molar-refractivity contribution in [2.45, 2.75) is 25.2 Å². The molecule has 5 nitrogen and oxygen atoms in total. The Labute approximate surface area is 126 Å². The number of anilines is 1. The normalized spacial score (nSPS) is 16.8. The van der Waals surface area contributed by atoms with Crippen LogP contribution in [-0.4, -0.2) is 39.5 Å². The molecule has 0 aliphatic carbocycles. The lowest BCUT2D eigenvalue weighted by Gasteiger charge is -2.27. The summed E-state index contributed by atoms with van der Waals surface area (Å²) in [6.45, 7) is 4.98. The highest BCUT2D eigenvalue weighted by Crippen LogP contribution is 2.29. The average molecular weight is 310 g/mol. The first kappa shape index (κ1) is 16.0. The summed E-state index contributed by atoms with van der Waals surface area (Å²) in [6.07, 6.45) is 2.63.